The van der Waals surface area contributed by atoms with Gasteiger partial charge < -0.3 is 0 Å². The van der Waals surface area contributed by atoms with Crippen LogP contribution < -0.4 is 4.57 Å². The van der Waals surface area contributed by atoms with E-state index in [9.17, 15) is 0 Å². The Bertz CT molecular complexity index is 225. The number of rotatable bonds is 3. The molecule has 0 bridgehead atoms. The number of aromatic nitrogens is 1. The fraction of sp³-hybridized carbons (Fsp3) is 0.545. The average molecular weight is 164 g/mol. The lowest BCUT2D eigenvalue weighted by Gasteiger charge is -2.06. The summed E-state index contributed by atoms with van der Waals surface area (Å²) in [4.78, 5) is 0. The van der Waals surface area contributed by atoms with Gasteiger partial charge in [-0.25, -0.2) is 4.57 Å². The number of hydrogen-bond acceptors (Lipinski definition) is 0. The highest BCUT2D eigenvalue weighted by molar-refractivity contribution is 5.12. The molecule has 1 aromatic rings. The molecule has 0 aliphatic heterocycles. The normalized spacial score (nSPS) is 12.9. The van der Waals surface area contributed by atoms with E-state index in [4.69, 9.17) is 0 Å². The zero-order chi connectivity index (χ0) is 8.97. The summed E-state index contributed by atoms with van der Waals surface area (Å²) in [6.07, 6.45) is 5.53. The van der Waals surface area contributed by atoms with Gasteiger partial charge in [-0.15, -0.1) is 0 Å². The summed E-state index contributed by atoms with van der Waals surface area (Å²) >= 11 is 0. The van der Waals surface area contributed by atoms with Crippen LogP contribution in [0.1, 0.15) is 38.7 Å². The van der Waals surface area contributed by atoms with Crippen LogP contribution in [0.4, 0.5) is 0 Å². The maximum atomic E-state index is 2.27. The van der Waals surface area contributed by atoms with Crippen molar-refractivity contribution in [3.05, 3.63) is 30.1 Å². The lowest BCUT2D eigenvalue weighted by molar-refractivity contribution is -0.693. The molecule has 0 aliphatic carbocycles. The molecule has 1 rings (SSSR count). The van der Waals surface area contributed by atoms with E-state index in [1.165, 1.54) is 12.0 Å². The predicted molar refractivity (Wildman–Crippen MR) is 51.0 cm³/mol. The largest absolute Gasteiger partial charge is 0.205 e. The first-order valence-electron chi connectivity index (χ1n) is 4.77. The molecular formula is C11H18N+. The zero-order valence-electron chi connectivity index (χ0n) is 8.25. The molecule has 1 atom stereocenters. The summed E-state index contributed by atoms with van der Waals surface area (Å²) in [6.45, 7) is 7.71. The Kier molecular flexibility index (Phi) is 3.27. The topological polar surface area (TPSA) is 3.88 Å². The molecule has 0 aliphatic rings. The van der Waals surface area contributed by atoms with Gasteiger partial charge in [0.15, 0.2) is 12.4 Å². The molecule has 0 aromatic carbocycles. The van der Waals surface area contributed by atoms with Gasteiger partial charge in [0.1, 0.15) is 6.54 Å². The van der Waals surface area contributed by atoms with Crippen LogP contribution in [0.5, 0.6) is 0 Å². The van der Waals surface area contributed by atoms with Gasteiger partial charge in [0.2, 0.25) is 0 Å². The lowest BCUT2D eigenvalue weighted by atomic mass is 10.0. The standard InChI is InChI=1S/C11H18N/c1-4-10(3)11-6-8-12(5-2)9-7-11/h6-10H,4-5H2,1-3H3/q+1. The molecule has 0 saturated carbocycles. The Morgan fingerprint density at radius 2 is 1.83 bits per heavy atom. The number of aryl methyl sites for hydroxylation is 1. The van der Waals surface area contributed by atoms with E-state index >= 15 is 0 Å². The van der Waals surface area contributed by atoms with E-state index in [0.717, 1.165) is 6.54 Å². The summed E-state index contributed by atoms with van der Waals surface area (Å²) < 4.78 is 2.19. The maximum Gasteiger partial charge on any atom is 0.169 e. The van der Waals surface area contributed by atoms with E-state index in [1.807, 2.05) is 0 Å². The van der Waals surface area contributed by atoms with Crippen LogP contribution in [-0.2, 0) is 6.54 Å². The lowest BCUT2D eigenvalue weighted by Crippen LogP contribution is -2.30. The maximum absolute atomic E-state index is 2.27. The van der Waals surface area contributed by atoms with Crippen molar-refractivity contribution in [3.8, 4) is 0 Å². The van der Waals surface area contributed by atoms with Gasteiger partial charge in [-0.1, -0.05) is 13.8 Å². The van der Waals surface area contributed by atoms with Crippen molar-refractivity contribution in [2.24, 2.45) is 0 Å². The molecule has 0 radical (unpaired) electrons. The van der Waals surface area contributed by atoms with Gasteiger partial charge in [-0.2, -0.15) is 0 Å². The molecule has 0 amide bonds. The molecular weight excluding hydrogens is 146 g/mol. The minimum Gasteiger partial charge on any atom is -0.205 e. The van der Waals surface area contributed by atoms with E-state index in [1.54, 1.807) is 0 Å². The summed E-state index contributed by atoms with van der Waals surface area (Å²) in [5.41, 5.74) is 1.45. The third-order valence-corrected chi connectivity index (χ3v) is 2.46. The van der Waals surface area contributed by atoms with Gasteiger partial charge >= 0.3 is 0 Å². The van der Waals surface area contributed by atoms with Crippen LogP contribution in [0.25, 0.3) is 0 Å². The van der Waals surface area contributed by atoms with Crippen LogP contribution in [0.3, 0.4) is 0 Å². The van der Waals surface area contributed by atoms with Crippen LogP contribution in [0, 0.1) is 0 Å². The van der Waals surface area contributed by atoms with E-state index in [-0.39, 0.29) is 0 Å². The second kappa shape index (κ2) is 4.24. The zero-order valence-corrected chi connectivity index (χ0v) is 8.25. The first kappa shape index (κ1) is 9.24. The van der Waals surface area contributed by atoms with Crippen molar-refractivity contribution >= 4 is 0 Å². The smallest absolute Gasteiger partial charge is 0.169 e. The molecule has 1 heteroatoms. The summed E-state index contributed by atoms with van der Waals surface area (Å²) in [5.74, 6) is 0.691. The van der Waals surface area contributed by atoms with Crippen molar-refractivity contribution in [3.63, 3.8) is 0 Å². The molecule has 1 heterocycles. The first-order valence-corrected chi connectivity index (χ1v) is 4.77. The van der Waals surface area contributed by atoms with E-state index in [0.29, 0.717) is 5.92 Å². The number of nitrogens with zero attached hydrogens (tertiary/aromatic N) is 1. The van der Waals surface area contributed by atoms with Crippen molar-refractivity contribution < 1.29 is 4.57 Å². The quantitative estimate of drug-likeness (QED) is 0.604. The highest BCUT2D eigenvalue weighted by Crippen LogP contribution is 2.15. The Labute approximate surface area is 75.1 Å². The van der Waals surface area contributed by atoms with Crippen molar-refractivity contribution in [1.29, 1.82) is 0 Å². The molecule has 66 valence electrons. The van der Waals surface area contributed by atoms with E-state index < -0.39 is 0 Å². The fourth-order valence-electron chi connectivity index (χ4n) is 1.24. The van der Waals surface area contributed by atoms with Crippen LogP contribution in [0.15, 0.2) is 24.5 Å². The van der Waals surface area contributed by atoms with Gasteiger partial charge in [-0.3, -0.25) is 0 Å². The SMILES string of the molecule is CCC(C)c1cc[n+](CC)cc1. The van der Waals surface area contributed by atoms with Crippen molar-refractivity contribution in [2.75, 3.05) is 0 Å². The summed E-state index contributed by atoms with van der Waals surface area (Å²) in [6, 6.07) is 4.44. The highest BCUT2D eigenvalue weighted by atomic mass is 14.9. The average Bonchev–Trinajstić information content (AvgIpc) is 2.17. The molecule has 0 spiro atoms. The Morgan fingerprint density at radius 3 is 2.25 bits per heavy atom. The third kappa shape index (κ3) is 2.07. The molecule has 1 nitrogen and oxygen atoms in total. The minimum absolute atomic E-state index is 0.691. The first-order chi connectivity index (χ1) is 5.77. The predicted octanol–water partition coefficient (Wildman–Crippen LogP) is 2.51. The molecule has 0 saturated heterocycles. The van der Waals surface area contributed by atoms with Gasteiger partial charge in [0.05, 0.1) is 0 Å². The fourth-order valence-corrected chi connectivity index (χ4v) is 1.24. The molecule has 1 unspecified atom stereocenters. The highest BCUT2D eigenvalue weighted by Gasteiger charge is 2.03. The molecule has 1 aromatic heterocycles. The Morgan fingerprint density at radius 1 is 1.25 bits per heavy atom. The summed E-state index contributed by atoms with van der Waals surface area (Å²) in [5, 5.41) is 0. The third-order valence-electron chi connectivity index (χ3n) is 2.46. The molecule has 0 N–H and O–H groups in total. The molecule has 12 heavy (non-hydrogen) atoms. The monoisotopic (exact) mass is 164 g/mol. The Hall–Kier alpha value is -0.850. The van der Waals surface area contributed by atoms with Gasteiger partial charge in [-0.05, 0) is 24.8 Å². The number of pyridine rings is 1. The van der Waals surface area contributed by atoms with Crippen molar-refractivity contribution in [1.82, 2.24) is 0 Å². The second-order valence-electron chi connectivity index (χ2n) is 3.27. The van der Waals surface area contributed by atoms with Crippen molar-refractivity contribution in [2.45, 2.75) is 39.7 Å². The van der Waals surface area contributed by atoms with Gasteiger partial charge in [0, 0.05) is 12.1 Å². The second-order valence-corrected chi connectivity index (χ2v) is 3.27. The van der Waals surface area contributed by atoms with Crippen LogP contribution >= 0.6 is 0 Å². The van der Waals surface area contributed by atoms with Crippen LogP contribution in [0.2, 0.25) is 0 Å². The van der Waals surface area contributed by atoms with E-state index in [2.05, 4.69) is 49.9 Å². The number of hydrogen-bond donors (Lipinski definition) is 0. The van der Waals surface area contributed by atoms with Crippen LogP contribution in [-0.4, -0.2) is 0 Å². The minimum atomic E-state index is 0.691. The summed E-state index contributed by atoms with van der Waals surface area (Å²) in [7, 11) is 0. The van der Waals surface area contributed by atoms with Gasteiger partial charge in [0.25, 0.3) is 0 Å². The molecule has 0 fully saturated rings. The Balaban J connectivity index is 2.77.